The molecule has 223 valence electrons. The molecule has 0 radical (unpaired) electrons. The van der Waals surface area contributed by atoms with Gasteiger partial charge in [0.05, 0.1) is 0 Å². The number of hydrogen-bond acceptors (Lipinski definition) is 0. The fourth-order valence-electron chi connectivity index (χ4n) is 6.23. The summed E-state index contributed by atoms with van der Waals surface area (Å²) in [5.74, 6) is 0. The molecule has 0 spiro atoms. The van der Waals surface area contributed by atoms with Crippen LogP contribution in [0.2, 0.25) is 0 Å². The van der Waals surface area contributed by atoms with Crippen LogP contribution in [0.5, 0.6) is 0 Å². The van der Waals surface area contributed by atoms with E-state index in [1.54, 1.807) is 0 Å². The summed E-state index contributed by atoms with van der Waals surface area (Å²) in [6.07, 6.45) is 7.83. The molecule has 0 amide bonds. The number of rotatable bonds is 3. The molecule has 0 N–H and O–H groups in total. The Bertz CT molecular complexity index is 1980. The summed E-state index contributed by atoms with van der Waals surface area (Å²) in [6.45, 7) is 14.0. The van der Waals surface area contributed by atoms with Gasteiger partial charge in [0.1, 0.15) is 0 Å². The number of halogens is 4. The average molecular weight is 826 g/mol. The number of hydrogen-bond donors (Lipinski definition) is 0. The Labute approximate surface area is 306 Å². The Morgan fingerprint density at radius 2 is 1.23 bits per heavy atom. The summed E-state index contributed by atoms with van der Waals surface area (Å²) in [7, 11) is 0. The first-order valence-corrected chi connectivity index (χ1v) is 17.4. The fraction of sp³-hybridized carbons (Fsp3) is 0.231. The largest absolute Gasteiger partial charge is 1.00 e. The van der Waals surface area contributed by atoms with E-state index >= 15 is 0 Å². The van der Waals surface area contributed by atoms with E-state index in [4.69, 9.17) is 0 Å². The van der Waals surface area contributed by atoms with Crippen LogP contribution in [0.1, 0.15) is 81.3 Å². The van der Waals surface area contributed by atoms with Crippen LogP contribution in [-0.4, -0.2) is 0 Å². The normalized spacial score (nSPS) is 13.6. The molecule has 4 aromatic carbocycles. The van der Waals surface area contributed by atoms with Crippen LogP contribution in [0, 0.1) is 10.4 Å². The summed E-state index contributed by atoms with van der Waals surface area (Å²) in [4.78, 5) is 0. The van der Waals surface area contributed by atoms with E-state index in [9.17, 15) is 0 Å². The first-order valence-electron chi connectivity index (χ1n) is 14.6. The van der Waals surface area contributed by atoms with Crippen LogP contribution in [0.4, 0.5) is 0 Å². The summed E-state index contributed by atoms with van der Waals surface area (Å²) in [5, 5.41) is 5.55. The van der Waals surface area contributed by atoms with Crippen molar-refractivity contribution in [3.05, 3.63) is 154 Å². The number of fused-ring (bicyclic) bond motifs is 2. The molecule has 0 bridgehead atoms. The van der Waals surface area contributed by atoms with Gasteiger partial charge < -0.3 is 24.8 Å². The van der Waals surface area contributed by atoms with Crippen molar-refractivity contribution in [3.63, 3.8) is 0 Å². The average Bonchev–Trinajstić information content (AvgIpc) is 3.56. The third-order valence-corrected chi connectivity index (χ3v) is 10.8. The Morgan fingerprint density at radius 1 is 0.659 bits per heavy atom. The Hall–Kier alpha value is -1.48. The predicted octanol–water partition coefficient (Wildman–Crippen LogP) is 3.71. The molecule has 6 rings (SSSR count). The van der Waals surface area contributed by atoms with Gasteiger partial charge in [0.15, 0.2) is 0 Å². The van der Waals surface area contributed by atoms with E-state index in [0.717, 1.165) is 15.4 Å². The van der Waals surface area contributed by atoms with E-state index in [1.807, 2.05) is 0 Å². The quantitative estimate of drug-likeness (QED) is 0.296. The van der Waals surface area contributed by atoms with Gasteiger partial charge in [-0.3, -0.25) is 0 Å². The van der Waals surface area contributed by atoms with Crippen LogP contribution < -0.4 is 35.3 Å². The van der Waals surface area contributed by atoms with Crippen molar-refractivity contribution in [2.75, 3.05) is 0 Å². The standard InChI is InChI=1S/C39H35Br2.2ClH.Zr/c1-38(2,3)28-16-11-27-21-33-32(31(27)22-28)23-34(39(4,5)6)37(36(33)24-9-7-8-10-24)35(25-12-17-29(40)18-13-25)26-14-19-30(41)20-15-26;;;/h7-9,11-20,22-23H,10H2,1-6H3;2*1H;/q;;;+2/p-2. The van der Waals surface area contributed by atoms with Gasteiger partial charge in [0.2, 0.25) is 0 Å². The number of allylic oxidation sites excluding steroid dienone is 4. The molecule has 0 aliphatic heterocycles. The van der Waals surface area contributed by atoms with E-state index in [1.165, 1.54) is 93.4 Å². The Morgan fingerprint density at radius 3 is 1.70 bits per heavy atom. The smallest absolute Gasteiger partial charge is 1.00 e. The van der Waals surface area contributed by atoms with Gasteiger partial charge >= 0.3 is 284 Å². The minimum atomic E-state index is -0.0760. The molecule has 0 atom stereocenters. The molecule has 0 fully saturated rings. The van der Waals surface area contributed by atoms with Gasteiger partial charge in [-0.2, -0.15) is 0 Å². The van der Waals surface area contributed by atoms with Crippen LogP contribution in [0.15, 0.2) is 100.0 Å². The first kappa shape index (κ1) is 35.4. The zero-order valence-corrected chi connectivity index (χ0v) is 33.0. The van der Waals surface area contributed by atoms with Gasteiger partial charge in [0, 0.05) is 0 Å². The second kappa shape index (κ2) is 13.3. The van der Waals surface area contributed by atoms with Crippen LogP contribution in [0.3, 0.4) is 0 Å². The predicted molar refractivity (Wildman–Crippen MR) is 181 cm³/mol. The molecular formula is C39H35Br2Cl2Zr. The van der Waals surface area contributed by atoms with Gasteiger partial charge in [0.25, 0.3) is 0 Å². The molecule has 44 heavy (non-hydrogen) atoms. The molecule has 0 saturated carbocycles. The second-order valence-electron chi connectivity index (χ2n) is 13.4. The van der Waals surface area contributed by atoms with Gasteiger partial charge in [-0.25, -0.2) is 0 Å². The molecule has 0 unspecified atom stereocenters. The maximum absolute atomic E-state index is 3.68. The van der Waals surface area contributed by atoms with Gasteiger partial charge in [-0.1, -0.05) is 0 Å². The van der Waals surface area contributed by atoms with Gasteiger partial charge in [-0.05, 0) is 0 Å². The van der Waals surface area contributed by atoms with E-state index in [-0.39, 0.29) is 35.6 Å². The summed E-state index contributed by atoms with van der Waals surface area (Å²) in [5.41, 5.74) is 10.8. The van der Waals surface area contributed by atoms with Crippen molar-refractivity contribution < 1.29 is 49.5 Å². The van der Waals surface area contributed by atoms with E-state index in [0.29, 0.717) is 0 Å². The maximum Gasteiger partial charge on any atom is -1.00 e. The van der Waals surface area contributed by atoms with Crippen molar-refractivity contribution in [2.24, 2.45) is 0 Å². The minimum Gasteiger partial charge on any atom is -1.00 e. The van der Waals surface area contributed by atoms with E-state index in [2.05, 4.69) is 164 Å². The minimum absolute atomic E-state index is 0. The molecular weight excluding hydrogens is 790 g/mol. The molecule has 5 heteroatoms. The summed E-state index contributed by atoms with van der Waals surface area (Å²) >= 11 is 8.82. The molecule has 0 nitrogen and oxygen atoms in total. The summed E-state index contributed by atoms with van der Waals surface area (Å²) < 4.78 is 3.64. The summed E-state index contributed by atoms with van der Waals surface area (Å²) in [6, 6.07) is 27.5. The van der Waals surface area contributed by atoms with Crippen molar-refractivity contribution in [1.29, 1.82) is 0 Å². The van der Waals surface area contributed by atoms with Crippen molar-refractivity contribution in [2.45, 2.75) is 58.8 Å². The SMILES string of the molecule is CC(C)(C)c1ccc2c(c1)=c1cc(C(C)(C)C)c(=C(c3ccc(Br)cc3)c3ccc(Br)cc3)c(C3=CC=CC3)c1[C]=2[Zr+2].[Cl-].[Cl-]. The molecule has 2 aliphatic carbocycles. The van der Waals surface area contributed by atoms with Crippen LogP contribution >= 0.6 is 31.9 Å². The molecule has 2 aliphatic rings. The van der Waals surface area contributed by atoms with Crippen LogP contribution in [0.25, 0.3) is 14.4 Å². The second-order valence-corrected chi connectivity index (χ2v) is 16.5. The first-order chi connectivity index (χ1) is 19.8. The Kier molecular flexibility index (Phi) is 10.7. The molecule has 0 heterocycles. The third kappa shape index (κ3) is 6.52. The van der Waals surface area contributed by atoms with Crippen LogP contribution in [-0.2, 0) is 35.5 Å². The maximum atomic E-state index is 3.68. The molecule has 4 aromatic rings. The monoisotopic (exact) mass is 821 g/mol. The third-order valence-electron chi connectivity index (χ3n) is 8.44. The molecule has 0 aromatic heterocycles. The van der Waals surface area contributed by atoms with Gasteiger partial charge in [-0.15, -0.1) is 0 Å². The fourth-order valence-corrected chi connectivity index (χ4v) is 7.94. The zero-order valence-electron chi connectivity index (χ0n) is 25.9. The number of benzene rings is 4. The van der Waals surface area contributed by atoms with Crippen molar-refractivity contribution in [1.82, 2.24) is 0 Å². The van der Waals surface area contributed by atoms with Crippen molar-refractivity contribution >= 4 is 46.3 Å². The topological polar surface area (TPSA) is 0 Å². The Balaban J connectivity index is 0.00000221. The molecule has 0 saturated heterocycles. The van der Waals surface area contributed by atoms with E-state index < -0.39 is 0 Å². The zero-order chi connectivity index (χ0) is 30.0. The van der Waals surface area contributed by atoms with Crippen molar-refractivity contribution in [3.8, 4) is 0 Å².